The maximum absolute atomic E-state index is 12.5. The van der Waals surface area contributed by atoms with Gasteiger partial charge in [-0.25, -0.2) is 4.98 Å². The van der Waals surface area contributed by atoms with Crippen LogP contribution in [0.1, 0.15) is 15.9 Å². The molecule has 0 saturated carbocycles. The third-order valence-electron chi connectivity index (χ3n) is 3.19. The van der Waals surface area contributed by atoms with Crippen LogP contribution in [0.3, 0.4) is 0 Å². The van der Waals surface area contributed by atoms with Crippen LogP contribution in [0.5, 0.6) is 0 Å². The first-order valence-corrected chi connectivity index (χ1v) is 8.20. The number of benzene rings is 1. The van der Waals surface area contributed by atoms with E-state index in [1.54, 1.807) is 19.3 Å². The molecule has 2 rings (SSSR count). The molecule has 116 valence electrons. The molecule has 1 amide bonds. The summed E-state index contributed by atoms with van der Waals surface area (Å²) < 4.78 is 0. The lowest BCUT2D eigenvalue weighted by molar-refractivity contribution is 0.0951. The van der Waals surface area contributed by atoms with Crippen LogP contribution in [0, 0.1) is 0 Å². The van der Waals surface area contributed by atoms with Crippen LogP contribution in [0.25, 0.3) is 0 Å². The van der Waals surface area contributed by atoms with Crippen molar-refractivity contribution in [1.29, 1.82) is 0 Å². The van der Waals surface area contributed by atoms with Gasteiger partial charge in [-0.1, -0.05) is 17.7 Å². The predicted molar refractivity (Wildman–Crippen MR) is 92.6 cm³/mol. The SMILES string of the molecule is CNc1ccc(SC)c(Cl)c1C(=O)NCc1cccnc1N. The van der Waals surface area contributed by atoms with Gasteiger partial charge in [-0.3, -0.25) is 4.79 Å². The number of rotatable bonds is 5. The Balaban J connectivity index is 2.24. The molecule has 0 fully saturated rings. The van der Waals surface area contributed by atoms with Gasteiger partial charge in [0.25, 0.3) is 5.91 Å². The second-order valence-corrected chi connectivity index (χ2v) is 5.71. The fourth-order valence-electron chi connectivity index (χ4n) is 2.01. The highest BCUT2D eigenvalue weighted by atomic mass is 35.5. The summed E-state index contributed by atoms with van der Waals surface area (Å²) >= 11 is 7.84. The largest absolute Gasteiger partial charge is 0.387 e. The number of anilines is 2. The molecule has 0 unspecified atom stereocenters. The van der Waals surface area contributed by atoms with Gasteiger partial charge in [0.1, 0.15) is 5.82 Å². The first-order valence-electron chi connectivity index (χ1n) is 6.60. The molecular weight excluding hydrogens is 320 g/mol. The van der Waals surface area contributed by atoms with Gasteiger partial charge in [0.15, 0.2) is 0 Å². The van der Waals surface area contributed by atoms with E-state index >= 15 is 0 Å². The topological polar surface area (TPSA) is 80.0 Å². The van der Waals surface area contributed by atoms with Gasteiger partial charge in [0, 0.05) is 35.9 Å². The lowest BCUT2D eigenvalue weighted by atomic mass is 10.1. The summed E-state index contributed by atoms with van der Waals surface area (Å²) in [5.74, 6) is 0.147. The summed E-state index contributed by atoms with van der Waals surface area (Å²) in [6.45, 7) is 0.293. The molecule has 5 nitrogen and oxygen atoms in total. The molecule has 0 saturated heterocycles. The van der Waals surface area contributed by atoms with Crippen LogP contribution < -0.4 is 16.4 Å². The van der Waals surface area contributed by atoms with Crippen LogP contribution in [-0.2, 0) is 6.54 Å². The van der Waals surface area contributed by atoms with Crippen LogP contribution in [-0.4, -0.2) is 24.2 Å². The average molecular weight is 337 g/mol. The fourth-order valence-corrected chi connectivity index (χ4v) is 2.98. The Morgan fingerprint density at radius 2 is 2.18 bits per heavy atom. The number of carbonyl (C=O) groups excluding carboxylic acids is 1. The number of nitrogen functional groups attached to an aromatic ring is 1. The molecule has 0 bridgehead atoms. The quantitative estimate of drug-likeness (QED) is 0.731. The van der Waals surface area contributed by atoms with Crippen molar-refractivity contribution < 1.29 is 4.79 Å². The second kappa shape index (κ2) is 7.38. The van der Waals surface area contributed by atoms with Gasteiger partial charge in [-0.2, -0.15) is 0 Å². The van der Waals surface area contributed by atoms with Crippen molar-refractivity contribution in [3.05, 3.63) is 46.6 Å². The Morgan fingerprint density at radius 3 is 2.82 bits per heavy atom. The highest BCUT2D eigenvalue weighted by Crippen LogP contribution is 2.33. The van der Waals surface area contributed by atoms with Crippen LogP contribution in [0.2, 0.25) is 5.02 Å². The summed E-state index contributed by atoms with van der Waals surface area (Å²) in [5, 5.41) is 6.26. The third-order valence-corrected chi connectivity index (χ3v) is 4.47. The van der Waals surface area contributed by atoms with Gasteiger partial charge in [0.2, 0.25) is 0 Å². The zero-order valence-corrected chi connectivity index (χ0v) is 13.9. The van der Waals surface area contributed by atoms with Crippen LogP contribution >= 0.6 is 23.4 Å². The number of nitrogens with zero attached hydrogens (tertiary/aromatic N) is 1. The van der Waals surface area contributed by atoms with E-state index in [-0.39, 0.29) is 5.91 Å². The zero-order valence-electron chi connectivity index (χ0n) is 12.3. The van der Waals surface area contributed by atoms with E-state index in [9.17, 15) is 4.79 Å². The number of amides is 1. The Kier molecular flexibility index (Phi) is 5.51. The molecule has 4 N–H and O–H groups in total. The minimum absolute atomic E-state index is 0.256. The maximum atomic E-state index is 12.5. The van der Waals surface area contributed by atoms with E-state index in [4.69, 9.17) is 17.3 Å². The number of aromatic nitrogens is 1. The minimum atomic E-state index is -0.256. The zero-order chi connectivity index (χ0) is 16.1. The molecule has 0 aliphatic carbocycles. The summed E-state index contributed by atoms with van der Waals surface area (Å²) in [5.41, 5.74) is 7.65. The highest BCUT2D eigenvalue weighted by Gasteiger charge is 2.18. The molecule has 2 aromatic rings. The van der Waals surface area contributed by atoms with E-state index in [1.807, 2.05) is 24.5 Å². The van der Waals surface area contributed by atoms with Crippen molar-refractivity contribution in [3.63, 3.8) is 0 Å². The second-order valence-electron chi connectivity index (χ2n) is 4.48. The Labute approximate surface area is 138 Å². The fraction of sp³-hybridized carbons (Fsp3) is 0.200. The summed E-state index contributed by atoms with van der Waals surface area (Å²) in [6, 6.07) is 7.32. The van der Waals surface area contributed by atoms with E-state index in [0.717, 1.165) is 10.5 Å². The number of nitrogens with one attached hydrogen (secondary N) is 2. The highest BCUT2D eigenvalue weighted by molar-refractivity contribution is 7.98. The van der Waals surface area contributed by atoms with Crippen molar-refractivity contribution in [2.75, 3.05) is 24.4 Å². The molecule has 0 atom stereocenters. The number of hydrogen-bond donors (Lipinski definition) is 3. The van der Waals surface area contributed by atoms with Gasteiger partial charge in [-0.15, -0.1) is 11.8 Å². The third kappa shape index (κ3) is 3.45. The van der Waals surface area contributed by atoms with E-state index in [2.05, 4.69) is 15.6 Å². The molecule has 22 heavy (non-hydrogen) atoms. The van der Waals surface area contributed by atoms with Crippen molar-refractivity contribution in [2.45, 2.75) is 11.4 Å². The molecule has 0 spiro atoms. The van der Waals surface area contributed by atoms with Gasteiger partial charge >= 0.3 is 0 Å². The van der Waals surface area contributed by atoms with E-state index < -0.39 is 0 Å². The van der Waals surface area contributed by atoms with Crippen LogP contribution in [0.4, 0.5) is 11.5 Å². The number of nitrogens with two attached hydrogens (primary N) is 1. The lowest BCUT2D eigenvalue weighted by Gasteiger charge is -2.14. The number of hydrogen-bond acceptors (Lipinski definition) is 5. The monoisotopic (exact) mass is 336 g/mol. The van der Waals surface area contributed by atoms with Gasteiger partial charge < -0.3 is 16.4 Å². The number of halogens is 1. The normalized spacial score (nSPS) is 10.3. The number of thioether (sulfide) groups is 1. The molecule has 0 radical (unpaired) electrons. The maximum Gasteiger partial charge on any atom is 0.255 e. The number of pyridine rings is 1. The smallest absolute Gasteiger partial charge is 0.255 e. The van der Waals surface area contributed by atoms with E-state index in [1.165, 1.54) is 11.8 Å². The van der Waals surface area contributed by atoms with E-state index in [0.29, 0.717) is 28.6 Å². The summed E-state index contributed by atoms with van der Waals surface area (Å²) in [6.07, 6.45) is 3.52. The Morgan fingerprint density at radius 1 is 1.41 bits per heavy atom. The molecular formula is C15H17ClN4OS. The molecule has 0 aliphatic rings. The first kappa shape index (κ1) is 16.5. The van der Waals surface area contributed by atoms with Crippen molar-refractivity contribution in [2.24, 2.45) is 0 Å². The Hall–Kier alpha value is -1.92. The molecule has 1 heterocycles. The molecule has 1 aromatic carbocycles. The van der Waals surface area contributed by atoms with Crippen molar-refractivity contribution >= 4 is 40.8 Å². The summed E-state index contributed by atoms with van der Waals surface area (Å²) in [4.78, 5) is 17.3. The van der Waals surface area contributed by atoms with Crippen molar-refractivity contribution in [3.8, 4) is 0 Å². The van der Waals surface area contributed by atoms with Gasteiger partial charge in [0.05, 0.1) is 10.6 Å². The minimum Gasteiger partial charge on any atom is -0.387 e. The predicted octanol–water partition coefficient (Wildman–Crippen LogP) is 3.01. The summed E-state index contributed by atoms with van der Waals surface area (Å²) in [7, 11) is 1.75. The molecule has 1 aromatic heterocycles. The first-order chi connectivity index (χ1) is 10.6. The molecule has 7 heteroatoms. The van der Waals surface area contributed by atoms with Gasteiger partial charge in [-0.05, 0) is 24.5 Å². The molecule has 0 aliphatic heterocycles. The van der Waals surface area contributed by atoms with Crippen molar-refractivity contribution in [1.82, 2.24) is 10.3 Å². The lowest BCUT2D eigenvalue weighted by Crippen LogP contribution is -2.25. The Bertz CT molecular complexity index is 693. The standard InChI is InChI=1S/C15H17ClN4OS/c1-18-10-5-6-11(22-2)13(16)12(10)15(21)20-8-9-4-3-7-19-14(9)17/h3-7,18H,8H2,1-2H3,(H2,17,19)(H,20,21). The average Bonchev–Trinajstić information content (AvgIpc) is 2.53. The number of carbonyl (C=O) groups is 1. The van der Waals surface area contributed by atoms with Crippen LogP contribution in [0.15, 0.2) is 35.4 Å².